The normalized spacial score (nSPS) is 17.5. The number of esters is 1. The van der Waals surface area contributed by atoms with E-state index >= 15 is 0 Å². The summed E-state index contributed by atoms with van der Waals surface area (Å²) in [5.41, 5.74) is -0.424. The number of rotatable bonds is 8. The van der Waals surface area contributed by atoms with Crippen LogP contribution in [-0.2, 0) is 23.8 Å². The predicted octanol–water partition coefficient (Wildman–Crippen LogP) is 2.52. The van der Waals surface area contributed by atoms with Crippen molar-refractivity contribution in [3.05, 3.63) is 24.2 Å². The van der Waals surface area contributed by atoms with Gasteiger partial charge in [0.2, 0.25) is 6.10 Å². The molecule has 1 aromatic heterocycles. The summed E-state index contributed by atoms with van der Waals surface area (Å²) in [5, 5.41) is 9.13. The maximum atomic E-state index is 12.2. The molecule has 2 rings (SSSR count). The zero-order chi connectivity index (χ0) is 17.0. The fourth-order valence-electron chi connectivity index (χ4n) is 1.96. The Labute approximate surface area is 134 Å². The Morgan fingerprint density at radius 3 is 2.57 bits per heavy atom. The van der Waals surface area contributed by atoms with E-state index in [-0.39, 0.29) is 11.9 Å². The highest BCUT2D eigenvalue weighted by Gasteiger charge is 2.39. The Balaban J connectivity index is 1.87. The Kier molecular flexibility index (Phi) is 5.43. The molecule has 128 valence electrons. The van der Waals surface area contributed by atoms with Crippen molar-refractivity contribution < 1.29 is 33.3 Å². The predicted molar refractivity (Wildman–Crippen MR) is 78.5 cm³/mol. The third-order valence-corrected chi connectivity index (χ3v) is 3.32. The minimum atomic E-state index is -1.32. The largest absolute Gasteiger partial charge is 0.479 e. The summed E-state index contributed by atoms with van der Waals surface area (Å²) in [6.07, 6.45) is 1.29. The third kappa shape index (κ3) is 5.07. The zero-order valence-electron chi connectivity index (χ0n) is 13.5. The van der Waals surface area contributed by atoms with Crippen LogP contribution in [-0.4, -0.2) is 36.0 Å². The van der Waals surface area contributed by atoms with Crippen molar-refractivity contribution in [3.63, 3.8) is 0 Å². The van der Waals surface area contributed by atoms with Gasteiger partial charge < -0.3 is 23.7 Å². The third-order valence-electron chi connectivity index (χ3n) is 3.32. The number of aliphatic carboxylic acids is 1. The molecule has 0 unspecified atom stereocenters. The fraction of sp³-hybridized carbons (Fsp3) is 0.625. The van der Waals surface area contributed by atoms with Crippen molar-refractivity contribution >= 4 is 11.9 Å². The number of hydrogen-bond donors (Lipinski definition) is 1. The number of hydrogen-bond acceptors (Lipinski definition) is 6. The lowest BCUT2D eigenvalue weighted by Crippen LogP contribution is -2.39. The maximum absolute atomic E-state index is 12.2. The second-order valence-electron chi connectivity index (χ2n) is 6.56. The van der Waals surface area contributed by atoms with E-state index < -0.39 is 36.4 Å². The van der Waals surface area contributed by atoms with Crippen molar-refractivity contribution in [2.45, 2.75) is 51.9 Å². The van der Waals surface area contributed by atoms with E-state index in [9.17, 15) is 9.59 Å². The van der Waals surface area contributed by atoms with E-state index in [1.54, 1.807) is 6.07 Å². The SMILES string of the molecule is CC(C)(C)[C@H](OC1CC1)C(=O)OCO[C@H](C(=O)O)c1ccco1. The van der Waals surface area contributed by atoms with Crippen LogP contribution < -0.4 is 0 Å². The van der Waals surface area contributed by atoms with Crippen LogP contribution in [0.4, 0.5) is 0 Å². The lowest BCUT2D eigenvalue weighted by atomic mass is 9.89. The molecule has 0 aromatic carbocycles. The molecule has 1 aromatic rings. The monoisotopic (exact) mass is 326 g/mol. The molecule has 7 nitrogen and oxygen atoms in total. The van der Waals surface area contributed by atoms with Gasteiger partial charge in [-0.1, -0.05) is 20.8 Å². The first-order chi connectivity index (χ1) is 10.8. The quantitative estimate of drug-likeness (QED) is 0.579. The summed E-state index contributed by atoms with van der Waals surface area (Å²) < 4.78 is 20.9. The minimum absolute atomic E-state index is 0.0996. The first-order valence-electron chi connectivity index (χ1n) is 7.49. The van der Waals surface area contributed by atoms with Crippen molar-refractivity contribution in [1.82, 2.24) is 0 Å². The van der Waals surface area contributed by atoms with Crippen LogP contribution in [0, 0.1) is 5.41 Å². The highest BCUT2D eigenvalue weighted by atomic mass is 16.7. The smallest absolute Gasteiger partial charge is 0.340 e. The summed E-state index contributed by atoms with van der Waals surface area (Å²) in [6.45, 7) is 5.15. The number of furan rings is 1. The topological polar surface area (TPSA) is 95.2 Å². The molecule has 7 heteroatoms. The van der Waals surface area contributed by atoms with Crippen LogP contribution in [0.25, 0.3) is 0 Å². The first kappa shape index (κ1) is 17.5. The average Bonchev–Trinajstić information content (AvgIpc) is 3.12. The van der Waals surface area contributed by atoms with Gasteiger partial charge in [0.25, 0.3) is 0 Å². The van der Waals surface area contributed by atoms with Crippen LogP contribution >= 0.6 is 0 Å². The van der Waals surface area contributed by atoms with Gasteiger partial charge in [0.15, 0.2) is 12.9 Å². The van der Waals surface area contributed by atoms with E-state index in [4.69, 9.17) is 23.7 Å². The van der Waals surface area contributed by atoms with Gasteiger partial charge in [-0.05, 0) is 30.4 Å². The average molecular weight is 326 g/mol. The Morgan fingerprint density at radius 1 is 1.39 bits per heavy atom. The van der Waals surface area contributed by atoms with Crippen molar-refractivity contribution in [2.24, 2.45) is 5.41 Å². The number of ether oxygens (including phenoxy) is 3. The minimum Gasteiger partial charge on any atom is -0.479 e. The Hall–Kier alpha value is -1.86. The van der Waals surface area contributed by atoms with Gasteiger partial charge >= 0.3 is 11.9 Å². The molecule has 0 saturated heterocycles. The van der Waals surface area contributed by atoms with Gasteiger partial charge in [-0.25, -0.2) is 9.59 Å². The number of carboxylic acids is 1. The molecule has 0 aliphatic heterocycles. The molecule has 0 spiro atoms. The van der Waals surface area contributed by atoms with Gasteiger partial charge in [0.05, 0.1) is 12.4 Å². The molecule has 0 amide bonds. The van der Waals surface area contributed by atoms with Crippen LogP contribution in [0.3, 0.4) is 0 Å². The van der Waals surface area contributed by atoms with Gasteiger partial charge in [-0.3, -0.25) is 0 Å². The van der Waals surface area contributed by atoms with Crippen LogP contribution in [0.15, 0.2) is 22.8 Å². The maximum Gasteiger partial charge on any atom is 0.340 e. The van der Waals surface area contributed by atoms with E-state index in [1.807, 2.05) is 20.8 Å². The summed E-state index contributed by atoms with van der Waals surface area (Å²) in [5.74, 6) is -1.65. The molecule has 2 atom stereocenters. The van der Waals surface area contributed by atoms with Crippen LogP contribution in [0.1, 0.15) is 45.5 Å². The van der Waals surface area contributed by atoms with E-state index in [0.717, 1.165) is 12.8 Å². The van der Waals surface area contributed by atoms with Crippen LogP contribution in [0.2, 0.25) is 0 Å². The summed E-state index contributed by atoms with van der Waals surface area (Å²) >= 11 is 0. The van der Waals surface area contributed by atoms with E-state index in [0.29, 0.717) is 0 Å². The lowest BCUT2D eigenvalue weighted by molar-refractivity contribution is -0.188. The number of carbonyl (C=O) groups excluding carboxylic acids is 1. The summed E-state index contributed by atoms with van der Waals surface area (Å²) in [7, 11) is 0. The van der Waals surface area contributed by atoms with Gasteiger partial charge in [0, 0.05) is 0 Å². The fourth-order valence-corrected chi connectivity index (χ4v) is 1.96. The van der Waals surface area contributed by atoms with Gasteiger partial charge in [-0.2, -0.15) is 0 Å². The lowest BCUT2D eigenvalue weighted by Gasteiger charge is -2.28. The van der Waals surface area contributed by atoms with Gasteiger partial charge in [0.1, 0.15) is 5.76 Å². The molecule has 1 N–H and O–H groups in total. The van der Waals surface area contributed by atoms with E-state index in [1.165, 1.54) is 12.3 Å². The highest BCUT2D eigenvalue weighted by molar-refractivity contribution is 5.76. The Morgan fingerprint density at radius 2 is 2.09 bits per heavy atom. The number of carbonyl (C=O) groups is 2. The molecular weight excluding hydrogens is 304 g/mol. The van der Waals surface area contributed by atoms with Crippen molar-refractivity contribution in [2.75, 3.05) is 6.79 Å². The summed E-state index contributed by atoms with van der Waals surface area (Å²) in [6, 6.07) is 3.04. The molecule has 23 heavy (non-hydrogen) atoms. The molecule has 1 fully saturated rings. The second-order valence-corrected chi connectivity index (χ2v) is 6.56. The molecule has 1 heterocycles. The Bertz CT molecular complexity index is 525. The molecule has 0 radical (unpaired) electrons. The van der Waals surface area contributed by atoms with Crippen LogP contribution in [0.5, 0.6) is 0 Å². The second kappa shape index (κ2) is 7.14. The first-order valence-corrected chi connectivity index (χ1v) is 7.49. The van der Waals surface area contributed by atoms with Crippen molar-refractivity contribution in [1.29, 1.82) is 0 Å². The molecule has 1 aliphatic carbocycles. The standard InChI is InChI=1S/C16H22O7/c1-16(2,3)13(23-10-6-7-10)15(19)22-9-21-12(14(17)18)11-5-4-8-20-11/h4-5,8,10,12-13H,6-7,9H2,1-3H3,(H,17,18)/t12-,13+/m0/s1. The zero-order valence-corrected chi connectivity index (χ0v) is 13.5. The molecule has 0 bridgehead atoms. The van der Waals surface area contributed by atoms with Crippen molar-refractivity contribution in [3.8, 4) is 0 Å². The van der Waals surface area contributed by atoms with Gasteiger partial charge in [-0.15, -0.1) is 0 Å². The molecule has 1 aliphatic rings. The summed E-state index contributed by atoms with van der Waals surface area (Å²) in [4.78, 5) is 23.4. The molecular formula is C16H22O7. The molecule has 1 saturated carbocycles. The van der Waals surface area contributed by atoms with E-state index in [2.05, 4.69) is 0 Å². The highest BCUT2D eigenvalue weighted by Crippen LogP contribution is 2.32. The number of carboxylic acid groups (broad SMARTS) is 1.